The quantitative estimate of drug-likeness (QED) is 0.766. The number of pyridine rings is 1. The summed E-state index contributed by atoms with van der Waals surface area (Å²) in [5, 5.41) is 8.71. The van der Waals surface area contributed by atoms with Crippen molar-refractivity contribution in [1.82, 2.24) is 4.98 Å². The van der Waals surface area contributed by atoms with Gasteiger partial charge in [-0.05, 0) is 25.0 Å². The third-order valence-electron chi connectivity index (χ3n) is 2.40. The van der Waals surface area contributed by atoms with Crippen LogP contribution in [0.3, 0.4) is 0 Å². The van der Waals surface area contributed by atoms with E-state index in [1.807, 2.05) is 19.9 Å². The SMILES string of the molecule is CC.COC=O.N#Cc1ccnc(N2CCCC2)c1. The number of hydrogen-bond donors (Lipinski definition) is 0. The molecule has 104 valence electrons. The summed E-state index contributed by atoms with van der Waals surface area (Å²) in [6, 6.07) is 5.71. The van der Waals surface area contributed by atoms with Crippen LogP contribution in [-0.2, 0) is 9.53 Å². The monoisotopic (exact) mass is 263 g/mol. The molecule has 0 amide bonds. The predicted molar refractivity (Wildman–Crippen MR) is 74.8 cm³/mol. The zero-order valence-electron chi connectivity index (χ0n) is 11.8. The molecule has 0 N–H and O–H groups in total. The number of carbonyl (C=O) groups excluding carboxylic acids is 1. The molecule has 1 aliphatic heterocycles. The largest absolute Gasteiger partial charge is 0.471 e. The molecule has 1 aliphatic rings. The Bertz CT molecular complexity index is 396. The minimum absolute atomic E-state index is 0.375. The van der Waals surface area contributed by atoms with Crippen molar-refractivity contribution in [3.05, 3.63) is 23.9 Å². The molecule has 0 radical (unpaired) electrons. The topological polar surface area (TPSA) is 66.2 Å². The van der Waals surface area contributed by atoms with Crippen LogP contribution < -0.4 is 4.90 Å². The van der Waals surface area contributed by atoms with E-state index in [1.165, 1.54) is 20.0 Å². The Balaban J connectivity index is 0.000000467. The smallest absolute Gasteiger partial charge is 0.292 e. The zero-order chi connectivity index (χ0) is 14.5. The molecule has 19 heavy (non-hydrogen) atoms. The summed E-state index contributed by atoms with van der Waals surface area (Å²) in [5.41, 5.74) is 0.692. The number of aromatic nitrogens is 1. The fourth-order valence-corrected chi connectivity index (χ4v) is 1.61. The predicted octanol–water partition coefficient (Wildman–Crippen LogP) is 2.37. The maximum atomic E-state index is 8.95. The second-order valence-electron chi connectivity index (χ2n) is 3.54. The van der Waals surface area contributed by atoms with Crippen LogP contribution in [0.1, 0.15) is 32.3 Å². The van der Waals surface area contributed by atoms with Gasteiger partial charge in [0, 0.05) is 19.3 Å². The first kappa shape index (κ1) is 16.9. The van der Waals surface area contributed by atoms with Gasteiger partial charge in [-0.1, -0.05) is 13.8 Å². The molecular weight excluding hydrogens is 242 g/mol. The number of rotatable bonds is 2. The molecule has 0 saturated carbocycles. The fraction of sp³-hybridized carbons (Fsp3) is 0.500. The summed E-state index contributed by atoms with van der Waals surface area (Å²) >= 11 is 0. The van der Waals surface area contributed by atoms with E-state index < -0.39 is 0 Å². The molecule has 2 heterocycles. The van der Waals surface area contributed by atoms with Crippen LogP contribution in [0.4, 0.5) is 5.82 Å². The van der Waals surface area contributed by atoms with Crippen LogP contribution in [0.15, 0.2) is 18.3 Å². The highest BCUT2D eigenvalue weighted by Crippen LogP contribution is 2.17. The molecular formula is C14H21N3O2. The van der Waals surface area contributed by atoms with E-state index in [1.54, 1.807) is 12.3 Å². The number of nitriles is 1. The normalized spacial score (nSPS) is 12.2. The Labute approximate surface area is 114 Å². The van der Waals surface area contributed by atoms with E-state index in [0.717, 1.165) is 18.9 Å². The van der Waals surface area contributed by atoms with Crippen LogP contribution in [0.5, 0.6) is 0 Å². The summed E-state index contributed by atoms with van der Waals surface area (Å²) in [6.45, 7) is 6.52. The van der Waals surface area contributed by atoms with Crippen LogP contribution in [0, 0.1) is 11.3 Å². The van der Waals surface area contributed by atoms with Gasteiger partial charge >= 0.3 is 0 Å². The van der Waals surface area contributed by atoms with E-state index in [-0.39, 0.29) is 0 Å². The first-order chi connectivity index (χ1) is 9.31. The molecule has 5 heteroatoms. The molecule has 2 rings (SSSR count). The highest BCUT2D eigenvalue weighted by molar-refractivity contribution is 5.45. The van der Waals surface area contributed by atoms with E-state index in [2.05, 4.69) is 20.7 Å². The Hall–Kier alpha value is -2.09. The number of anilines is 1. The summed E-state index contributed by atoms with van der Waals surface area (Å²) in [7, 11) is 1.31. The summed E-state index contributed by atoms with van der Waals surface area (Å²) < 4.78 is 3.86. The van der Waals surface area contributed by atoms with Crippen LogP contribution >= 0.6 is 0 Å². The van der Waals surface area contributed by atoms with Crippen molar-refractivity contribution in [2.75, 3.05) is 25.1 Å². The van der Waals surface area contributed by atoms with Gasteiger partial charge in [-0.2, -0.15) is 5.26 Å². The lowest BCUT2D eigenvalue weighted by atomic mass is 10.3. The van der Waals surface area contributed by atoms with Crippen molar-refractivity contribution in [2.45, 2.75) is 26.7 Å². The van der Waals surface area contributed by atoms with Gasteiger partial charge in [0.2, 0.25) is 0 Å². The molecule has 0 aromatic carbocycles. The first-order valence-electron chi connectivity index (χ1n) is 6.39. The molecule has 0 aliphatic carbocycles. The van der Waals surface area contributed by atoms with Gasteiger partial charge in [-0.15, -0.1) is 0 Å². The Morgan fingerprint density at radius 1 is 1.42 bits per heavy atom. The van der Waals surface area contributed by atoms with E-state index in [9.17, 15) is 0 Å². The van der Waals surface area contributed by atoms with Crippen molar-refractivity contribution >= 4 is 12.3 Å². The summed E-state index contributed by atoms with van der Waals surface area (Å²) in [6.07, 6.45) is 4.17. The van der Waals surface area contributed by atoms with Gasteiger partial charge in [-0.25, -0.2) is 4.98 Å². The molecule has 0 atom stereocenters. The van der Waals surface area contributed by atoms with Crippen molar-refractivity contribution in [3.8, 4) is 6.07 Å². The van der Waals surface area contributed by atoms with Crippen LogP contribution in [-0.4, -0.2) is 31.7 Å². The average molecular weight is 263 g/mol. The molecule has 1 saturated heterocycles. The lowest BCUT2D eigenvalue weighted by Crippen LogP contribution is -2.18. The molecule has 0 bridgehead atoms. The minimum Gasteiger partial charge on any atom is -0.471 e. The maximum Gasteiger partial charge on any atom is 0.292 e. The first-order valence-corrected chi connectivity index (χ1v) is 6.39. The Kier molecular flexibility index (Phi) is 9.81. The minimum atomic E-state index is 0.375. The fourth-order valence-electron chi connectivity index (χ4n) is 1.61. The molecule has 0 spiro atoms. The number of methoxy groups -OCH3 is 1. The average Bonchev–Trinajstić information content (AvgIpc) is 3.04. The second kappa shape index (κ2) is 11.0. The van der Waals surface area contributed by atoms with Gasteiger partial charge in [-0.3, -0.25) is 4.79 Å². The van der Waals surface area contributed by atoms with Crippen molar-refractivity contribution < 1.29 is 9.53 Å². The van der Waals surface area contributed by atoms with Gasteiger partial charge in [0.25, 0.3) is 6.47 Å². The summed E-state index contributed by atoms with van der Waals surface area (Å²) in [4.78, 5) is 15.4. The molecule has 1 fully saturated rings. The number of hydrogen-bond acceptors (Lipinski definition) is 5. The van der Waals surface area contributed by atoms with Gasteiger partial charge in [0.1, 0.15) is 5.82 Å². The standard InChI is InChI=1S/C10H11N3.C2H4O2.C2H6/c11-8-9-3-4-12-10(7-9)13-5-1-2-6-13;1-4-2-3;1-2/h3-4,7H,1-2,5-6H2;2H,1H3;1-2H3. The highest BCUT2D eigenvalue weighted by Gasteiger charge is 2.13. The number of carbonyl (C=O) groups is 1. The van der Waals surface area contributed by atoms with Crippen LogP contribution in [0.2, 0.25) is 0 Å². The number of nitrogens with zero attached hydrogens (tertiary/aromatic N) is 3. The molecule has 5 nitrogen and oxygen atoms in total. The Morgan fingerprint density at radius 2 is 2.00 bits per heavy atom. The van der Waals surface area contributed by atoms with Crippen molar-refractivity contribution in [1.29, 1.82) is 5.26 Å². The van der Waals surface area contributed by atoms with Crippen molar-refractivity contribution in [3.63, 3.8) is 0 Å². The molecule has 1 aromatic rings. The van der Waals surface area contributed by atoms with Gasteiger partial charge in [0.15, 0.2) is 0 Å². The van der Waals surface area contributed by atoms with Crippen molar-refractivity contribution in [2.24, 2.45) is 0 Å². The van der Waals surface area contributed by atoms with E-state index >= 15 is 0 Å². The molecule has 0 unspecified atom stereocenters. The van der Waals surface area contributed by atoms with Crippen LogP contribution in [0.25, 0.3) is 0 Å². The molecule has 1 aromatic heterocycles. The van der Waals surface area contributed by atoms with Gasteiger partial charge in [0.05, 0.1) is 18.7 Å². The van der Waals surface area contributed by atoms with E-state index in [0.29, 0.717) is 12.0 Å². The lowest BCUT2D eigenvalue weighted by Gasteiger charge is -2.15. The van der Waals surface area contributed by atoms with E-state index in [4.69, 9.17) is 10.1 Å². The second-order valence-corrected chi connectivity index (χ2v) is 3.54. The third-order valence-corrected chi connectivity index (χ3v) is 2.40. The summed E-state index contributed by atoms with van der Waals surface area (Å²) in [5.74, 6) is 0.941. The lowest BCUT2D eigenvalue weighted by molar-refractivity contribution is -0.126. The van der Waals surface area contributed by atoms with Gasteiger partial charge < -0.3 is 9.64 Å². The highest BCUT2D eigenvalue weighted by atomic mass is 16.5. The maximum absolute atomic E-state index is 8.95. The zero-order valence-corrected chi connectivity index (χ0v) is 11.8. The third kappa shape index (κ3) is 6.41. The number of ether oxygens (including phenoxy) is 1. The Morgan fingerprint density at radius 3 is 2.47 bits per heavy atom.